The van der Waals surface area contributed by atoms with Gasteiger partial charge in [-0.3, -0.25) is 9.59 Å². The van der Waals surface area contributed by atoms with Gasteiger partial charge in [0.25, 0.3) is 0 Å². The Hall–Kier alpha value is -2.71. The first-order chi connectivity index (χ1) is 14.2. The van der Waals surface area contributed by atoms with Crippen molar-refractivity contribution < 1.29 is 18.0 Å². The first kappa shape index (κ1) is 23.6. The summed E-state index contributed by atoms with van der Waals surface area (Å²) in [5, 5.41) is 5.46. The lowest BCUT2D eigenvalue weighted by atomic mass is 10.0. The van der Waals surface area contributed by atoms with Gasteiger partial charge in [0, 0.05) is 19.5 Å². The molecule has 0 heterocycles. The number of rotatable bonds is 10. The minimum atomic E-state index is -3.65. The molecule has 0 bridgehead atoms. The number of benzene rings is 2. The highest BCUT2D eigenvalue weighted by Crippen LogP contribution is 2.14. The Bertz CT molecular complexity index is 942. The Labute approximate surface area is 178 Å². The molecule has 0 aromatic heterocycles. The number of amides is 2. The predicted octanol–water partition coefficient (Wildman–Crippen LogP) is 2.29. The van der Waals surface area contributed by atoms with E-state index in [0.29, 0.717) is 12.0 Å². The lowest BCUT2D eigenvalue weighted by Crippen LogP contribution is -2.43. The summed E-state index contributed by atoms with van der Waals surface area (Å²) in [6.07, 6.45) is 0.312. The molecule has 0 saturated carbocycles. The Morgan fingerprint density at radius 3 is 2.17 bits per heavy atom. The summed E-state index contributed by atoms with van der Waals surface area (Å²) >= 11 is 0. The Morgan fingerprint density at radius 2 is 1.57 bits per heavy atom. The maximum Gasteiger partial charge on any atom is 0.247 e. The van der Waals surface area contributed by atoms with Crippen LogP contribution in [0, 0.1) is 12.8 Å². The molecule has 8 heteroatoms. The zero-order valence-electron chi connectivity index (χ0n) is 17.5. The average Bonchev–Trinajstić information content (AvgIpc) is 2.69. The van der Waals surface area contributed by atoms with Gasteiger partial charge in [0.2, 0.25) is 21.8 Å². The molecule has 0 fully saturated rings. The van der Waals surface area contributed by atoms with Crippen molar-refractivity contribution in [2.75, 3.05) is 13.1 Å². The van der Waals surface area contributed by atoms with Gasteiger partial charge in [-0.1, -0.05) is 61.9 Å². The van der Waals surface area contributed by atoms with E-state index in [2.05, 4.69) is 15.4 Å². The van der Waals surface area contributed by atoms with Crippen LogP contribution < -0.4 is 15.4 Å². The Morgan fingerprint density at radius 1 is 0.933 bits per heavy atom. The van der Waals surface area contributed by atoms with E-state index in [9.17, 15) is 18.0 Å². The van der Waals surface area contributed by atoms with Crippen molar-refractivity contribution >= 4 is 21.8 Å². The molecule has 0 saturated heterocycles. The summed E-state index contributed by atoms with van der Waals surface area (Å²) in [7, 11) is -3.65. The highest BCUT2D eigenvalue weighted by molar-refractivity contribution is 7.89. The van der Waals surface area contributed by atoms with Gasteiger partial charge in [0.15, 0.2) is 0 Å². The summed E-state index contributed by atoms with van der Waals surface area (Å²) in [6.45, 7) is 5.85. The topological polar surface area (TPSA) is 104 Å². The molecule has 2 rings (SSSR count). The van der Waals surface area contributed by atoms with E-state index in [4.69, 9.17) is 0 Å². The molecule has 3 N–H and O–H groups in total. The van der Waals surface area contributed by atoms with Gasteiger partial charge in [0.05, 0.1) is 4.90 Å². The number of carbonyl (C=O) groups is 2. The van der Waals surface area contributed by atoms with E-state index in [1.54, 1.807) is 36.4 Å². The Kier molecular flexibility index (Phi) is 8.56. The SMILES string of the molecule is Cc1ccc(S(=O)(=O)NCCNC(=O)C(NC(=O)CC(C)C)c2ccccc2)cc1. The second-order valence-corrected chi connectivity index (χ2v) is 9.28. The molecule has 0 aliphatic carbocycles. The molecule has 0 aliphatic heterocycles. The quantitative estimate of drug-likeness (QED) is 0.502. The van der Waals surface area contributed by atoms with Crippen LogP contribution in [0.3, 0.4) is 0 Å². The van der Waals surface area contributed by atoms with Gasteiger partial charge in [-0.15, -0.1) is 0 Å². The van der Waals surface area contributed by atoms with E-state index < -0.39 is 22.0 Å². The van der Waals surface area contributed by atoms with Crippen molar-refractivity contribution in [2.45, 2.75) is 38.1 Å². The van der Waals surface area contributed by atoms with Crippen LogP contribution >= 0.6 is 0 Å². The van der Waals surface area contributed by atoms with E-state index in [1.165, 1.54) is 12.1 Å². The van der Waals surface area contributed by atoms with Crippen LogP contribution in [0.2, 0.25) is 0 Å². The summed E-state index contributed by atoms with van der Waals surface area (Å²) in [5.74, 6) is -0.442. The van der Waals surface area contributed by atoms with Crippen molar-refractivity contribution in [3.63, 3.8) is 0 Å². The highest BCUT2D eigenvalue weighted by atomic mass is 32.2. The smallest absolute Gasteiger partial charge is 0.247 e. The molecule has 30 heavy (non-hydrogen) atoms. The van der Waals surface area contributed by atoms with Gasteiger partial charge in [0.1, 0.15) is 6.04 Å². The van der Waals surface area contributed by atoms with E-state index in [-0.39, 0.29) is 29.8 Å². The van der Waals surface area contributed by atoms with Crippen LogP contribution in [-0.2, 0) is 19.6 Å². The number of hydrogen-bond donors (Lipinski definition) is 3. The van der Waals surface area contributed by atoms with Crippen LogP contribution in [0.15, 0.2) is 59.5 Å². The van der Waals surface area contributed by atoms with Crippen LogP contribution in [0.1, 0.15) is 37.4 Å². The maximum atomic E-state index is 12.7. The zero-order chi connectivity index (χ0) is 22.1. The van der Waals surface area contributed by atoms with E-state index >= 15 is 0 Å². The third-order valence-electron chi connectivity index (χ3n) is 4.34. The van der Waals surface area contributed by atoms with Crippen molar-refractivity contribution in [3.8, 4) is 0 Å². The van der Waals surface area contributed by atoms with Crippen molar-refractivity contribution in [3.05, 3.63) is 65.7 Å². The number of hydrogen-bond acceptors (Lipinski definition) is 4. The third kappa shape index (κ3) is 7.27. The van der Waals surface area contributed by atoms with Gasteiger partial charge in [-0.05, 0) is 30.5 Å². The number of sulfonamides is 1. The van der Waals surface area contributed by atoms with Crippen molar-refractivity contribution in [1.82, 2.24) is 15.4 Å². The number of carbonyl (C=O) groups excluding carboxylic acids is 2. The fourth-order valence-electron chi connectivity index (χ4n) is 2.81. The standard InChI is InChI=1S/C22H29N3O4S/c1-16(2)15-20(26)25-21(18-7-5-4-6-8-18)22(27)23-13-14-24-30(28,29)19-11-9-17(3)10-12-19/h4-12,16,21,24H,13-15H2,1-3H3,(H,23,27)(H,25,26). The molecular weight excluding hydrogens is 402 g/mol. The van der Waals surface area contributed by atoms with E-state index in [1.807, 2.05) is 26.8 Å². The van der Waals surface area contributed by atoms with Crippen molar-refractivity contribution in [1.29, 1.82) is 0 Å². The molecule has 0 radical (unpaired) electrons. The molecule has 0 spiro atoms. The summed E-state index contributed by atoms with van der Waals surface area (Å²) in [6, 6.07) is 14.6. The molecule has 2 aromatic rings. The molecule has 162 valence electrons. The Balaban J connectivity index is 1.95. The van der Waals surface area contributed by atoms with E-state index in [0.717, 1.165) is 5.56 Å². The maximum absolute atomic E-state index is 12.7. The molecule has 2 aromatic carbocycles. The molecule has 7 nitrogen and oxygen atoms in total. The van der Waals surface area contributed by atoms with Crippen LogP contribution in [0.4, 0.5) is 0 Å². The minimum absolute atomic E-state index is 0.0312. The minimum Gasteiger partial charge on any atom is -0.353 e. The second kappa shape index (κ2) is 10.9. The molecule has 1 unspecified atom stereocenters. The molecule has 0 aliphatic rings. The fraction of sp³-hybridized carbons (Fsp3) is 0.364. The van der Waals surface area contributed by atoms with Crippen LogP contribution in [0.25, 0.3) is 0 Å². The largest absolute Gasteiger partial charge is 0.353 e. The second-order valence-electron chi connectivity index (χ2n) is 7.51. The molecule has 2 amide bonds. The summed E-state index contributed by atoms with van der Waals surface area (Å²) in [5.41, 5.74) is 1.63. The predicted molar refractivity (Wildman–Crippen MR) is 116 cm³/mol. The highest BCUT2D eigenvalue weighted by Gasteiger charge is 2.23. The lowest BCUT2D eigenvalue weighted by Gasteiger charge is -2.19. The first-order valence-electron chi connectivity index (χ1n) is 9.87. The summed E-state index contributed by atoms with van der Waals surface area (Å²) in [4.78, 5) is 25.1. The number of nitrogens with one attached hydrogen (secondary N) is 3. The fourth-order valence-corrected chi connectivity index (χ4v) is 3.84. The van der Waals surface area contributed by atoms with Gasteiger partial charge < -0.3 is 10.6 Å². The average molecular weight is 432 g/mol. The molecular formula is C22H29N3O4S. The number of aryl methyl sites for hydroxylation is 1. The van der Waals surface area contributed by atoms with Crippen LogP contribution in [0.5, 0.6) is 0 Å². The zero-order valence-corrected chi connectivity index (χ0v) is 18.3. The third-order valence-corrected chi connectivity index (χ3v) is 5.82. The van der Waals surface area contributed by atoms with Gasteiger partial charge in [-0.25, -0.2) is 13.1 Å². The van der Waals surface area contributed by atoms with Gasteiger partial charge >= 0.3 is 0 Å². The van der Waals surface area contributed by atoms with Crippen molar-refractivity contribution in [2.24, 2.45) is 5.92 Å². The lowest BCUT2D eigenvalue weighted by molar-refractivity contribution is -0.129. The van der Waals surface area contributed by atoms with Gasteiger partial charge in [-0.2, -0.15) is 0 Å². The summed E-state index contributed by atoms with van der Waals surface area (Å²) < 4.78 is 27.1. The monoisotopic (exact) mass is 431 g/mol. The van der Waals surface area contributed by atoms with Crippen LogP contribution in [-0.4, -0.2) is 33.3 Å². The molecule has 1 atom stereocenters. The first-order valence-corrected chi connectivity index (χ1v) is 11.4. The normalized spacial score (nSPS) is 12.4.